The zero-order chi connectivity index (χ0) is 14.0. The number of piperazine rings is 1. The summed E-state index contributed by atoms with van der Waals surface area (Å²) in [5.41, 5.74) is 2.03. The number of carbonyl (C=O) groups is 2. The molecule has 6 nitrogen and oxygen atoms in total. The number of aldehydes is 1. The van der Waals surface area contributed by atoms with Crippen LogP contribution in [0.4, 0.5) is 0 Å². The van der Waals surface area contributed by atoms with E-state index in [1.807, 2.05) is 11.8 Å². The van der Waals surface area contributed by atoms with Crippen molar-refractivity contribution < 1.29 is 9.59 Å². The Hall–Kier alpha value is -1.69. The molecule has 1 aromatic heterocycles. The number of nitrogens with zero attached hydrogens (tertiary/aromatic N) is 4. The predicted molar refractivity (Wildman–Crippen MR) is 71.2 cm³/mol. The third-order valence-electron chi connectivity index (χ3n) is 3.70. The first-order valence-electron chi connectivity index (χ1n) is 6.48. The first-order chi connectivity index (χ1) is 9.02. The van der Waals surface area contributed by atoms with Gasteiger partial charge in [-0.3, -0.25) is 14.3 Å². The Morgan fingerprint density at radius 2 is 1.89 bits per heavy atom. The molecule has 0 N–H and O–H groups in total. The molecule has 0 unspecified atom stereocenters. The highest BCUT2D eigenvalue weighted by atomic mass is 16.2. The summed E-state index contributed by atoms with van der Waals surface area (Å²) in [6.07, 6.45) is 0.800. The molecule has 1 amide bonds. The monoisotopic (exact) mass is 264 g/mol. The van der Waals surface area contributed by atoms with Gasteiger partial charge in [0.1, 0.15) is 6.54 Å². The number of likely N-dealkylation sites (N-methyl/N-ethyl adjacent to an activating group) is 1. The normalized spacial score (nSPS) is 16.7. The minimum atomic E-state index is 0.0659. The maximum absolute atomic E-state index is 12.2. The molecule has 0 aliphatic carbocycles. The summed E-state index contributed by atoms with van der Waals surface area (Å²) in [6.45, 7) is 7.15. The van der Waals surface area contributed by atoms with Crippen molar-refractivity contribution in [2.45, 2.75) is 20.4 Å². The topological polar surface area (TPSA) is 58.4 Å². The third-order valence-corrected chi connectivity index (χ3v) is 3.70. The number of hydrogen-bond donors (Lipinski definition) is 0. The van der Waals surface area contributed by atoms with Gasteiger partial charge in [0.15, 0.2) is 6.29 Å². The Labute approximate surface area is 113 Å². The van der Waals surface area contributed by atoms with Gasteiger partial charge in [0.05, 0.1) is 11.3 Å². The van der Waals surface area contributed by atoms with Gasteiger partial charge in [-0.2, -0.15) is 5.10 Å². The number of aryl methyl sites for hydroxylation is 1. The quantitative estimate of drug-likeness (QED) is 0.726. The average Bonchev–Trinajstić information content (AvgIpc) is 2.64. The van der Waals surface area contributed by atoms with E-state index in [0.29, 0.717) is 11.3 Å². The van der Waals surface area contributed by atoms with Crippen LogP contribution in [-0.2, 0) is 11.3 Å². The van der Waals surface area contributed by atoms with Crippen LogP contribution in [-0.4, -0.2) is 65.0 Å². The highest BCUT2D eigenvalue weighted by Crippen LogP contribution is 2.11. The fourth-order valence-electron chi connectivity index (χ4n) is 2.32. The van der Waals surface area contributed by atoms with Crippen molar-refractivity contribution in [3.05, 3.63) is 17.0 Å². The summed E-state index contributed by atoms with van der Waals surface area (Å²) in [6, 6.07) is 0. The van der Waals surface area contributed by atoms with E-state index in [9.17, 15) is 9.59 Å². The highest BCUT2D eigenvalue weighted by Gasteiger charge is 2.21. The molecule has 104 valence electrons. The molecule has 1 aliphatic heterocycles. The maximum atomic E-state index is 12.2. The Morgan fingerprint density at radius 3 is 2.42 bits per heavy atom. The Balaban J connectivity index is 2.05. The molecule has 0 bridgehead atoms. The summed E-state index contributed by atoms with van der Waals surface area (Å²) in [4.78, 5) is 27.2. The lowest BCUT2D eigenvalue weighted by Crippen LogP contribution is -2.48. The lowest BCUT2D eigenvalue weighted by atomic mass is 10.2. The van der Waals surface area contributed by atoms with Crippen LogP contribution in [0.5, 0.6) is 0 Å². The summed E-state index contributed by atoms with van der Waals surface area (Å²) in [5, 5.41) is 4.26. The lowest BCUT2D eigenvalue weighted by molar-refractivity contribution is -0.133. The minimum absolute atomic E-state index is 0.0659. The van der Waals surface area contributed by atoms with Gasteiger partial charge in [-0.1, -0.05) is 0 Å². The van der Waals surface area contributed by atoms with Gasteiger partial charge >= 0.3 is 0 Å². The summed E-state index contributed by atoms with van der Waals surface area (Å²) < 4.78 is 1.62. The Kier molecular flexibility index (Phi) is 3.99. The Morgan fingerprint density at radius 1 is 1.26 bits per heavy atom. The van der Waals surface area contributed by atoms with E-state index in [0.717, 1.165) is 38.2 Å². The molecule has 0 radical (unpaired) electrons. The highest BCUT2D eigenvalue weighted by molar-refractivity contribution is 5.79. The van der Waals surface area contributed by atoms with E-state index in [4.69, 9.17) is 0 Å². The molecule has 1 saturated heterocycles. The standard InChI is InChI=1S/C13H20N4O2/c1-10-12(9-18)11(2)17(14-10)8-13(19)16-6-4-15(3)5-7-16/h9H,4-8H2,1-3H3. The van der Waals surface area contributed by atoms with Crippen LogP contribution in [0.15, 0.2) is 0 Å². The molecule has 2 rings (SSSR count). The molecule has 0 spiro atoms. The summed E-state index contributed by atoms with van der Waals surface area (Å²) >= 11 is 0. The fourth-order valence-corrected chi connectivity index (χ4v) is 2.32. The van der Waals surface area contributed by atoms with E-state index in [1.165, 1.54) is 0 Å². The maximum Gasteiger partial charge on any atom is 0.244 e. The molecule has 2 heterocycles. The number of aromatic nitrogens is 2. The van der Waals surface area contributed by atoms with E-state index < -0.39 is 0 Å². The smallest absolute Gasteiger partial charge is 0.244 e. The number of rotatable bonds is 3. The van der Waals surface area contributed by atoms with E-state index in [-0.39, 0.29) is 12.5 Å². The van der Waals surface area contributed by atoms with Gasteiger partial charge in [0.25, 0.3) is 0 Å². The van der Waals surface area contributed by atoms with E-state index in [2.05, 4.69) is 17.0 Å². The largest absolute Gasteiger partial charge is 0.339 e. The van der Waals surface area contributed by atoms with Crippen LogP contribution in [0.3, 0.4) is 0 Å². The van der Waals surface area contributed by atoms with Gasteiger partial charge in [0, 0.05) is 31.9 Å². The van der Waals surface area contributed by atoms with Gasteiger partial charge in [-0.15, -0.1) is 0 Å². The molecule has 19 heavy (non-hydrogen) atoms. The van der Waals surface area contributed by atoms with Crippen molar-refractivity contribution >= 4 is 12.2 Å². The number of amides is 1. The molecule has 6 heteroatoms. The van der Waals surface area contributed by atoms with Crippen molar-refractivity contribution in [3.8, 4) is 0 Å². The van der Waals surface area contributed by atoms with Gasteiger partial charge in [-0.25, -0.2) is 0 Å². The number of carbonyl (C=O) groups excluding carboxylic acids is 2. The van der Waals surface area contributed by atoms with Gasteiger partial charge < -0.3 is 9.80 Å². The second-order valence-electron chi connectivity index (χ2n) is 5.04. The van der Waals surface area contributed by atoms with Crippen LogP contribution in [0, 0.1) is 13.8 Å². The minimum Gasteiger partial charge on any atom is -0.339 e. The predicted octanol–water partition coefficient (Wildman–Crippen LogP) is 0.0864. The van der Waals surface area contributed by atoms with Crippen LogP contribution in [0.25, 0.3) is 0 Å². The average molecular weight is 264 g/mol. The molecule has 0 atom stereocenters. The van der Waals surface area contributed by atoms with Crippen molar-refractivity contribution in [3.63, 3.8) is 0 Å². The second-order valence-corrected chi connectivity index (χ2v) is 5.04. The van der Waals surface area contributed by atoms with Gasteiger partial charge in [-0.05, 0) is 20.9 Å². The SMILES string of the molecule is Cc1nn(CC(=O)N2CCN(C)CC2)c(C)c1C=O. The molecule has 1 aromatic rings. The fraction of sp³-hybridized carbons (Fsp3) is 0.615. The first-order valence-corrected chi connectivity index (χ1v) is 6.48. The number of hydrogen-bond acceptors (Lipinski definition) is 4. The molecule has 0 saturated carbocycles. The molecule has 1 fully saturated rings. The molecular formula is C13H20N4O2. The van der Waals surface area contributed by atoms with E-state index in [1.54, 1.807) is 11.6 Å². The molecule has 0 aromatic carbocycles. The third kappa shape index (κ3) is 2.84. The second kappa shape index (κ2) is 5.52. The lowest BCUT2D eigenvalue weighted by Gasteiger charge is -2.32. The summed E-state index contributed by atoms with van der Waals surface area (Å²) in [7, 11) is 2.05. The van der Waals surface area contributed by atoms with E-state index >= 15 is 0 Å². The van der Waals surface area contributed by atoms with Crippen molar-refractivity contribution in [1.29, 1.82) is 0 Å². The first kappa shape index (κ1) is 13.7. The zero-order valence-corrected chi connectivity index (χ0v) is 11.7. The summed E-state index contributed by atoms with van der Waals surface area (Å²) in [5.74, 6) is 0.0659. The van der Waals surface area contributed by atoms with Gasteiger partial charge in [0.2, 0.25) is 5.91 Å². The van der Waals surface area contributed by atoms with Crippen molar-refractivity contribution in [2.75, 3.05) is 33.2 Å². The van der Waals surface area contributed by atoms with Crippen molar-refractivity contribution in [1.82, 2.24) is 19.6 Å². The van der Waals surface area contributed by atoms with Crippen LogP contribution >= 0.6 is 0 Å². The van der Waals surface area contributed by atoms with Crippen LogP contribution in [0.1, 0.15) is 21.7 Å². The zero-order valence-electron chi connectivity index (χ0n) is 11.7. The van der Waals surface area contributed by atoms with Crippen LogP contribution in [0.2, 0.25) is 0 Å². The molecule has 1 aliphatic rings. The van der Waals surface area contributed by atoms with Crippen molar-refractivity contribution in [2.24, 2.45) is 0 Å². The Bertz CT molecular complexity index is 487. The molecular weight excluding hydrogens is 244 g/mol. The van der Waals surface area contributed by atoms with Crippen LogP contribution < -0.4 is 0 Å².